The zero-order valence-corrected chi connectivity index (χ0v) is 14.2. The van der Waals surface area contributed by atoms with E-state index >= 15 is 0 Å². The summed E-state index contributed by atoms with van der Waals surface area (Å²) in [5.74, 6) is -2.32. The van der Waals surface area contributed by atoms with Crippen LogP contribution in [0.5, 0.6) is 0 Å². The molecular weight excluding hydrogens is 330 g/mol. The molecule has 0 spiro atoms. The van der Waals surface area contributed by atoms with Crippen LogP contribution < -0.4 is 16.8 Å². The van der Waals surface area contributed by atoms with Crippen LogP contribution in [0.3, 0.4) is 0 Å². The number of nitrogens with two attached hydrogens (primary N) is 2. The number of hydrogen-bond donors (Lipinski definition) is 5. The summed E-state index contributed by atoms with van der Waals surface area (Å²) in [4.78, 5) is 33.5. The summed E-state index contributed by atoms with van der Waals surface area (Å²) in [7, 11) is 2.29. The highest BCUT2D eigenvalue weighted by atomic mass is 33.1. The zero-order chi connectivity index (χ0) is 17.3. The molecule has 1 amide bonds. The predicted octanol–water partition coefficient (Wildman–Crippen LogP) is -0.277. The average Bonchev–Trinajstić information content (AvgIpc) is 2.40. The molecule has 0 fully saturated rings. The Labute approximate surface area is 137 Å². The van der Waals surface area contributed by atoms with Gasteiger partial charge in [-0.05, 0) is 12.3 Å². The van der Waals surface area contributed by atoms with E-state index in [1.54, 1.807) is 0 Å². The smallest absolute Gasteiger partial charge is 0.327 e. The maximum Gasteiger partial charge on any atom is 0.327 e. The molecule has 128 valence electrons. The van der Waals surface area contributed by atoms with E-state index in [0.29, 0.717) is 6.42 Å². The van der Waals surface area contributed by atoms with Gasteiger partial charge >= 0.3 is 11.9 Å². The molecular formula is C12H23N3O5S2. The van der Waals surface area contributed by atoms with Gasteiger partial charge in [-0.3, -0.25) is 9.59 Å². The molecule has 0 aliphatic carbocycles. The lowest BCUT2D eigenvalue weighted by Gasteiger charge is -2.18. The summed E-state index contributed by atoms with van der Waals surface area (Å²) in [6.45, 7) is 3.83. The van der Waals surface area contributed by atoms with Crippen molar-refractivity contribution < 1.29 is 24.6 Å². The van der Waals surface area contributed by atoms with E-state index in [-0.39, 0.29) is 17.4 Å². The van der Waals surface area contributed by atoms with Crippen LogP contribution >= 0.6 is 21.6 Å². The first-order valence-corrected chi connectivity index (χ1v) is 9.15. The lowest BCUT2D eigenvalue weighted by molar-refractivity contribution is -0.141. The fourth-order valence-electron chi connectivity index (χ4n) is 1.38. The van der Waals surface area contributed by atoms with Gasteiger partial charge in [-0.25, -0.2) is 4.79 Å². The second-order valence-electron chi connectivity index (χ2n) is 5.15. The number of carboxylic acids is 2. The highest BCUT2D eigenvalue weighted by Gasteiger charge is 2.24. The average molecular weight is 353 g/mol. The van der Waals surface area contributed by atoms with Gasteiger partial charge in [-0.1, -0.05) is 35.4 Å². The highest BCUT2D eigenvalue weighted by molar-refractivity contribution is 8.76. The Hall–Kier alpha value is -0.970. The lowest BCUT2D eigenvalue weighted by atomic mass is 10.0. The summed E-state index contributed by atoms with van der Waals surface area (Å²) >= 11 is 0. The van der Waals surface area contributed by atoms with Crippen molar-refractivity contribution in [2.75, 3.05) is 11.5 Å². The van der Waals surface area contributed by atoms with E-state index in [0.717, 1.165) is 21.6 Å². The van der Waals surface area contributed by atoms with Crippen molar-refractivity contribution in [3.63, 3.8) is 0 Å². The maximum atomic E-state index is 11.8. The molecule has 0 saturated carbocycles. The van der Waals surface area contributed by atoms with Crippen LogP contribution in [0.1, 0.15) is 20.3 Å². The van der Waals surface area contributed by atoms with Crippen LogP contribution in [0.4, 0.5) is 0 Å². The molecule has 8 nitrogen and oxygen atoms in total. The number of rotatable bonds is 11. The maximum absolute atomic E-state index is 11.8. The van der Waals surface area contributed by atoms with Crippen LogP contribution in [-0.4, -0.2) is 57.7 Å². The Kier molecular flexibility index (Phi) is 10.2. The van der Waals surface area contributed by atoms with Crippen molar-refractivity contribution in [2.24, 2.45) is 17.4 Å². The molecule has 0 aromatic carbocycles. The molecule has 0 rings (SSSR count). The number of hydrogen-bond acceptors (Lipinski definition) is 7. The Bertz CT molecular complexity index is 395. The van der Waals surface area contributed by atoms with Gasteiger partial charge in [-0.15, -0.1) is 0 Å². The Balaban J connectivity index is 4.24. The lowest BCUT2D eigenvalue weighted by Crippen LogP contribution is -2.49. The molecule has 0 aromatic rings. The van der Waals surface area contributed by atoms with Gasteiger partial charge in [-0.2, -0.15) is 0 Å². The van der Waals surface area contributed by atoms with E-state index < -0.39 is 36.0 Å². The van der Waals surface area contributed by atoms with Crippen molar-refractivity contribution in [1.29, 1.82) is 0 Å². The molecule has 0 heterocycles. The molecule has 7 N–H and O–H groups in total. The molecule has 0 radical (unpaired) electrons. The predicted molar refractivity (Wildman–Crippen MR) is 87.5 cm³/mol. The van der Waals surface area contributed by atoms with Crippen LogP contribution in [0.2, 0.25) is 0 Å². The van der Waals surface area contributed by atoms with Gasteiger partial charge in [0.15, 0.2) is 0 Å². The summed E-state index contributed by atoms with van der Waals surface area (Å²) in [6.07, 6.45) is 0.466. The molecule has 0 aliphatic rings. The number of amides is 1. The van der Waals surface area contributed by atoms with Crippen LogP contribution in [0, 0.1) is 5.92 Å². The van der Waals surface area contributed by atoms with Crippen LogP contribution in [0.25, 0.3) is 0 Å². The van der Waals surface area contributed by atoms with Crippen LogP contribution in [-0.2, 0) is 14.4 Å². The third-order valence-electron chi connectivity index (χ3n) is 2.56. The largest absolute Gasteiger partial charge is 0.480 e. The summed E-state index contributed by atoms with van der Waals surface area (Å²) in [6, 6.07) is -2.83. The Morgan fingerprint density at radius 2 is 1.55 bits per heavy atom. The molecule has 0 aromatic heterocycles. The van der Waals surface area contributed by atoms with Gasteiger partial charge < -0.3 is 27.0 Å². The molecule has 0 bridgehead atoms. The van der Waals surface area contributed by atoms with E-state index in [2.05, 4.69) is 5.32 Å². The Morgan fingerprint density at radius 1 is 1.00 bits per heavy atom. The van der Waals surface area contributed by atoms with Gasteiger partial charge in [0.1, 0.15) is 12.1 Å². The van der Waals surface area contributed by atoms with E-state index in [9.17, 15) is 14.4 Å². The Morgan fingerprint density at radius 3 is 2.00 bits per heavy atom. The van der Waals surface area contributed by atoms with Crippen molar-refractivity contribution in [2.45, 2.75) is 38.4 Å². The molecule has 0 aliphatic heterocycles. The third kappa shape index (κ3) is 9.13. The van der Waals surface area contributed by atoms with E-state index in [4.69, 9.17) is 21.7 Å². The first kappa shape index (κ1) is 21.0. The van der Waals surface area contributed by atoms with Crippen molar-refractivity contribution in [3.8, 4) is 0 Å². The van der Waals surface area contributed by atoms with E-state index in [1.807, 2.05) is 13.8 Å². The first-order valence-electron chi connectivity index (χ1n) is 6.66. The number of carbonyl (C=O) groups excluding carboxylic acids is 1. The molecule has 0 unspecified atom stereocenters. The first-order chi connectivity index (χ1) is 10.1. The number of carboxylic acid groups (broad SMARTS) is 2. The molecule has 22 heavy (non-hydrogen) atoms. The summed E-state index contributed by atoms with van der Waals surface area (Å²) in [5, 5.41) is 20.1. The van der Waals surface area contributed by atoms with Crippen molar-refractivity contribution in [3.05, 3.63) is 0 Å². The molecule has 0 saturated heterocycles. The summed E-state index contributed by atoms with van der Waals surface area (Å²) in [5.41, 5.74) is 11.0. The van der Waals surface area contributed by atoms with Crippen LogP contribution in [0.15, 0.2) is 0 Å². The number of carbonyl (C=O) groups is 3. The van der Waals surface area contributed by atoms with Gasteiger partial charge in [0.2, 0.25) is 5.91 Å². The normalized spacial score (nSPS) is 15.1. The SMILES string of the molecule is CC(C)C[C@H](N)C(=O)N[C@@H](CSSC[C@H](N)C(=O)O)C(=O)O. The van der Waals surface area contributed by atoms with Gasteiger partial charge in [0, 0.05) is 11.5 Å². The van der Waals surface area contributed by atoms with Crippen molar-refractivity contribution >= 4 is 39.4 Å². The molecule has 3 atom stereocenters. The summed E-state index contributed by atoms with van der Waals surface area (Å²) < 4.78 is 0. The minimum Gasteiger partial charge on any atom is -0.480 e. The number of aliphatic carboxylic acids is 2. The quantitative estimate of drug-likeness (QED) is 0.249. The molecule has 10 heteroatoms. The van der Waals surface area contributed by atoms with Gasteiger partial charge in [0.05, 0.1) is 6.04 Å². The number of nitrogens with one attached hydrogen (secondary N) is 1. The topological polar surface area (TPSA) is 156 Å². The third-order valence-corrected chi connectivity index (χ3v) is 5.01. The second-order valence-corrected chi connectivity index (χ2v) is 7.70. The van der Waals surface area contributed by atoms with Gasteiger partial charge in [0.25, 0.3) is 0 Å². The standard InChI is InChI=1S/C12H23N3O5S2/c1-6(2)3-7(13)10(16)15-9(12(19)20)5-22-21-4-8(14)11(17)18/h6-9H,3-5,13-14H2,1-2H3,(H,15,16)(H,17,18)(H,19,20)/t7-,8-,9-/m0/s1. The fourth-order valence-corrected chi connectivity index (χ4v) is 3.65. The minimum atomic E-state index is -1.17. The van der Waals surface area contributed by atoms with E-state index in [1.165, 1.54) is 0 Å². The van der Waals surface area contributed by atoms with Crippen molar-refractivity contribution in [1.82, 2.24) is 5.32 Å². The minimum absolute atomic E-state index is 0.0898. The highest BCUT2D eigenvalue weighted by Crippen LogP contribution is 2.22. The second kappa shape index (κ2) is 10.7. The monoisotopic (exact) mass is 353 g/mol. The fraction of sp³-hybridized carbons (Fsp3) is 0.750. The zero-order valence-electron chi connectivity index (χ0n) is 12.5.